The summed E-state index contributed by atoms with van der Waals surface area (Å²) in [6, 6.07) is 0. The fraction of sp³-hybridized carbons (Fsp3) is 0.889. The van der Waals surface area contributed by atoms with Crippen LogP contribution >= 0.6 is 0 Å². The Morgan fingerprint density at radius 1 is 1.58 bits per heavy atom. The van der Waals surface area contributed by atoms with Gasteiger partial charge >= 0.3 is 5.97 Å². The van der Waals surface area contributed by atoms with Crippen LogP contribution in [-0.4, -0.2) is 21.8 Å². The molecule has 0 aromatic carbocycles. The Kier molecular flexibility index (Phi) is 2.73. The quantitative estimate of drug-likeness (QED) is 0.662. The molecule has 0 heterocycles. The number of carbonyl (C=O) groups is 1. The maximum atomic E-state index is 10.5. The van der Waals surface area contributed by atoms with Gasteiger partial charge in [0.2, 0.25) is 0 Å². The minimum atomic E-state index is -0.940. The highest BCUT2D eigenvalue weighted by Crippen LogP contribution is 2.35. The molecule has 1 aliphatic rings. The van der Waals surface area contributed by atoms with E-state index in [9.17, 15) is 9.90 Å². The zero-order valence-electron chi connectivity index (χ0n) is 7.42. The first-order valence-corrected chi connectivity index (χ1v) is 4.49. The van der Waals surface area contributed by atoms with Crippen molar-refractivity contribution < 1.29 is 15.0 Å². The van der Waals surface area contributed by atoms with Gasteiger partial charge in [-0.3, -0.25) is 4.79 Å². The molecule has 1 fully saturated rings. The molecule has 0 spiro atoms. The molecule has 70 valence electrons. The van der Waals surface area contributed by atoms with Crippen LogP contribution in [0.15, 0.2) is 0 Å². The van der Waals surface area contributed by atoms with Crippen molar-refractivity contribution in [1.29, 1.82) is 0 Å². The van der Waals surface area contributed by atoms with E-state index in [2.05, 4.69) is 0 Å². The van der Waals surface area contributed by atoms with E-state index in [-0.39, 0.29) is 12.3 Å². The number of rotatable bonds is 2. The van der Waals surface area contributed by atoms with Crippen LogP contribution in [0, 0.1) is 5.92 Å². The summed E-state index contributed by atoms with van der Waals surface area (Å²) in [7, 11) is 0. The van der Waals surface area contributed by atoms with Crippen molar-refractivity contribution in [3.8, 4) is 0 Å². The number of hydrogen-bond acceptors (Lipinski definition) is 2. The predicted molar refractivity (Wildman–Crippen MR) is 44.8 cm³/mol. The summed E-state index contributed by atoms with van der Waals surface area (Å²) in [4.78, 5) is 10.5. The van der Waals surface area contributed by atoms with Crippen LogP contribution in [0.4, 0.5) is 0 Å². The molecule has 3 heteroatoms. The minimum Gasteiger partial charge on any atom is -0.481 e. The second-order valence-corrected chi connectivity index (χ2v) is 3.82. The van der Waals surface area contributed by atoms with Crippen LogP contribution in [-0.2, 0) is 4.79 Å². The molecule has 3 nitrogen and oxygen atoms in total. The van der Waals surface area contributed by atoms with Gasteiger partial charge in [0.1, 0.15) is 0 Å². The van der Waals surface area contributed by atoms with Gasteiger partial charge in [0.05, 0.1) is 12.0 Å². The van der Waals surface area contributed by atoms with Gasteiger partial charge in [0, 0.05) is 0 Å². The molecule has 0 unspecified atom stereocenters. The van der Waals surface area contributed by atoms with Crippen molar-refractivity contribution in [2.75, 3.05) is 0 Å². The zero-order chi connectivity index (χ0) is 9.19. The summed E-state index contributed by atoms with van der Waals surface area (Å²) >= 11 is 0. The van der Waals surface area contributed by atoms with E-state index in [0.717, 1.165) is 19.3 Å². The molecule has 12 heavy (non-hydrogen) atoms. The van der Waals surface area contributed by atoms with Crippen LogP contribution in [0.2, 0.25) is 0 Å². The van der Waals surface area contributed by atoms with Crippen molar-refractivity contribution in [3.63, 3.8) is 0 Å². The number of aliphatic carboxylic acids is 1. The maximum Gasteiger partial charge on any atom is 0.306 e. The molecule has 0 aromatic heterocycles. The Morgan fingerprint density at radius 3 is 2.75 bits per heavy atom. The average Bonchev–Trinajstić information content (AvgIpc) is 1.94. The lowest BCUT2D eigenvalue weighted by Crippen LogP contribution is -2.41. The molecule has 1 saturated carbocycles. The van der Waals surface area contributed by atoms with Crippen molar-refractivity contribution in [2.45, 2.75) is 44.6 Å². The largest absolute Gasteiger partial charge is 0.481 e. The van der Waals surface area contributed by atoms with Crippen molar-refractivity contribution in [3.05, 3.63) is 0 Å². The molecule has 2 atom stereocenters. The van der Waals surface area contributed by atoms with Crippen molar-refractivity contribution >= 4 is 5.97 Å². The van der Waals surface area contributed by atoms with Gasteiger partial charge in [-0.05, 0) is 18.8 Å². The fourth-order valence-corrected chi connectivity index (χ4v) is 1.92. The van der Waals surface area contributed by atoms with Gasteiger partial charge < -0.3 is 10.2 Å². The SMILES string of the molecule is C[C@H]1CCCC[C@]1(O)CC(=O)O. The highest BCUT2D eigenvalue weighted by molar-refractivity contribution is 5.68. The third kappa shape index (κ3) is 1.97. The minimum absolute atomic E-state index is 0.103. The maximum absolute atomic E-state index is 10.5. The normalized spacial score (nSPS) is 36.3. The van der Waals surface area contributed by atoms with Crippen LogP contribution in [0.1, 0.15) is 39.0 Å². The van der Waals surface area contributed by atoms with Crippen LogP contribution in [0.25, 0.3) is 0 Å². The molecule has 0 aromatic rings. The molecular weight excluding hydrogens is 156 g/mol. The van der Waals surface area contributed by atoms with Crippen LogP contribution in [0.5, 0.6) is 0 Å². The van der Waals surface area contributed by atoms with Gasteiger partial charge in [-0.2, -0.15) is 0 Å². The predicted octanol–water partition coefficient (Wildman–Crippen LogP) is 1.40. The Balaban J connectivity index is 2.59. The Morgan fingerprint density at radius 2 is 2.25 bits per heavy atom. The summed E-state index contributed by atoms with van der Waals surface area (Å²) in [6.45, 7) is 1.93. The van der Waals surface area contributed by atoms with Gasteiger partial charge in [0.25, 0.3) is 0 Å². The first kappa shape index (κ1) is 9.52. The van der Waals surface area contributed by atoms with E-state index in [1.54, 1.807) is 0 Å². The van der Waals surface area contributed by atoms with Gasteiger partial charge in [-0.25, -0.2) is 0 Å². The highest BCUT2D eigenvalue weighted by Gasteiger charge is 2.37. The summed E-state index contributed by atoms with van der Waals surface area (Å²) < 4.78 is 0. The molecule has 0 radical (unpaired) electrons. The number of hydrogen-bond donors (Lipinski definition) is 2. The summed E-state index contributed by atoms with van der Waals surface area (Å²) in [5.41, 5.74) is -0.940. The average molecular weight is 172 g/mol. The van der Waals surface area contributed by atoms with Crippen LogP contribution in [0.3, 0.4) is 0 Å². The highest BCUT2D eigenvalue weighted by atomic mass is 16.4. The molecule has 0 amide bonds. The van der Waals surface area contributed by atoms with E-state index < -0.39 is 11.6 Å². The van der Waals surface area contributed by atoms with Crippen molar-refractivity contribution in [2.24, 2.45) is 5.92 Å². The smallest absolute Gasteiger partial charge is 0.306 e. The standard InChI is InChI=1S/C9H16O3/c1-7-4-2-3-5-9(7,12)6-8(10)11/h7,12H,2-6H2,1H3,(H,10,11)/t7-,9-/m0/s1. The van der Waals surface area contributed by atoms with Gasteiger partial charge in [-0.15, -0.1) is 0 Å². The Labute approximate surface area is 72.4 Å². The van der Waals surface area contributed by atoms with Crippen molar-refractivity contribution in [1.82, 2.24) is 0 Å². The van der Waals surface area contributed by atoms with E-state index in [0.29, 0.717) is 6.42 Å². The topological polar surface area (TPSA) is 57.5 Å². The Hall–Kier alpha value is -0.570. The Bertz CT molecular complexity index is 179. The molecule has 2 N–H and O–H groups in total. The lowest BCUT2D eigenvalue weighted by atomic mass is 9.74. The first-order valence-electron chi connectivity index (χ1n) is 4.49. The van der Waals surface area contributed by atoms with E-state index in [1.807, 2.05) is 6.92 Å². The number of carboxylic acid groups (broad SMARTS) is 1. The number of carboxylic acids is 1. The second kappa shape index (κ2) is 3.44. The molecule has 1 aliphatic carbocycles. The second-order valence-electron chi connectivity index (χ2n) is 3.82. The summed E-state index contributed by atoms with van der Waals surface area (Å²) in [6.07, 6.45) is 3.55. The van der Waals surface area contributed by atoms with Gasteiger partial charge in [0.15, 0.2) is 0 Å². The molecule has 1 rings (SSSR count). The van der Waals surface area contributed by atoms with E-state index >= 15 is 0 Å². The van der Waals surface area contributed by atoms with E-state index in [1.165, 1.54) is 0 Å². The molecule has 0 saturated heterocycles. The number of aliphatic hydroxyl groups is 1. The monoisotopic (exact) mass is 172 g/mol. The van der Waals surface area contributed by atoms with Crippen LogP contribution < -0.4 is 0 Å². The molecular formula is C9H16O3. The third-order valence-electron chi connectivity index (χ3n) is 2.87. The van der Waals surface area contributed by atoms with E-state index in [4.69, 9.17) is 5.11 Å². The lowest BCUT2D eigenvalue weighted by molar-refractivity contribution is -0.146. The molecule has 0 aliphatic heterocycles. The van der Waals surface area contributed by atoms with Gasteiger partial charge in [-0.1, -0.05) is 19.8 Å². The zero-order valence-corrected chi connectivity index (χ0v) is 7.42. The first-order chi connectivity index (χ1) is 5.54. The summed E-state index contributed by atoms with van der Waals surface area (Å²) in [5.74, 6) is -0.770. The third-order valence-corrected chi connectivity index (χ3v) is 2.87. The fourth-order valence-electron chi connectivity index (χ4n) is 1.92. The lowest BCUT2D eigenvalue weighted by Gasteiger charge is -2.36. The molecule has 0 bridgehead atoms. The summed E-state index contributed by atoms with van der Waals surface area (Å²) in [5, 5.41) is 18.5.